The smallest absolute Gasteiger partial charge is 0.396 e. The Morgan fingerprint density at radius 3 is 2.40 bits per heavy atom. The van der Waals surface area contributed by atoms with Crippen LogP contribution in [-0.4, -0.2) is 54.5 Å². The predicted octanol–water partition coefficient (Wildman–Crippen LogP) is 2.17. The van der Waals surface area contributed by atoms with Crippen LogP contribution >= 0.6 is 0 Å². The molecule has 0 saturated carbocycles. The second kappa shape index (κ2) is 8.92. The largest absolute Gasteiger partial charge is 0.459 e. The Hall–Kier alpha value is -2.79. The van der Waals surface area contributed by atoms with Crippen molar-refractivity contribution >= 4 is 27.9 Å². The summed E-state index contributed by atoms with van der Waals surface area (Å²) < 4.78 is 37.1. The average molecular weight is 436 g/mol. The van der Waals surface area contributed by atoms with Crippen LogP contribution in [0.2, 0.25) is 0 Å². The number of ether oxygens (including phenoxy) is 1. The van der Waals surface area contributed by atoms with Gasteiger partial charge in [-0.3, -0.25) is 10.1 Å². The zero-order chi connectivity index (χ0) is 21.9. The van der Waals surface area contributed by atoms with Crippen molar-refractivity contribution in [3.05, 3.63) is 35.7 Å². The molecule has 30 heavy (non-hydrogen) atoms. The third-order valence-corrected chi connectivity index (χ3v) is 6.53. The van der Waals surface area contributed by atoms with E-state index in [0.717, 1.165) is 6.42 Å². The first-order valence-electron chi connectivity index (χ1n) is 9.63. The third-order valence-electron chi connectivity index (χ3n) is 4.69. The van der Waals surface area contributed by atoms with Gasteiger partial charge in [0.1, 0.15) is 0 Å². The van der Waals surface area contributed by atoms with E-state index in [0.29, 0.717) is 24.9 Å². The molecule has 0 aliphatic carbocycles. The fourth-order valence-electron chi connectivity index (χ4n) is 3.45. The standard InChI is InChI=1S/C19H24N4O6S/c1-4-28-18(25)17-21-22-19(29-17)20-16(24)14-5-7-15(8-6-14)30(26,27)23-10-12(2)9-13(3)11-23/h5-8,12-13H,4,9-11H2,1-3H3,(H,20,22,24). The van der Waals surface area contributed by atoms with E-state index in [2.05, 4.69) is 15.5 Å². The van der Waals surface area contributed by atoms with E-state index >= 15 is 0 Å². The Bertz CT molecular complexity index is 1010. The van der Waals surface area contributed by atoms with Crippen LogP contribution in [0.15, 0.2) is 33.6 Å². The first-order valence-corrected chi connectivity index (χ1v) is 11.1. The van der Waals surface area contributed by atoms with Gasteiger partial charge in [0.25, 0.3) is 5.91 Å². The lowest BCUT2D eigenvalue weighted by Crippen LogP contribution is -2.42. The quantitative estimate of drug-likeness (QED) is 0.682. The van der Waals surface area contributed by atoms with Crippen molar-refractivity contribution in [1.82, 2.24) is 14.5 Å². The maximum Gasteiger partial charge on any atom is 0.396 e. The monoisotopic (exact) mass is 436 g/mol. The molecule has 2 aromatic rings. The number of esters is 1. The molecule has 11 heteroatoms. The van der Waals surface area contributed by atoms with Gasteiger partial charge in [-0.25, -0.2) is 13.2 Å². The highest BCUT2D eigenvalue weighted by atomic mass is 32.2. The van der Waals surface area contributed by atoms with Crippen molar-refractivity contribution in [1.29, 1.82) is 0 Å². The van der Waals surface area contributed by atoms with Crippen LogP contribution in [0, 0.1) is 11.8 Å². The molecular weight excluding hydrogens is 412 g/mol. The number of anilines is 1. The zero-order valence-corrected chi connectivity index (χ0v) is 17.8. The molecule has 0 spiro atoms. The molecule has 1 fully saturated rings. The highest BCUT2D eigenvalue weighted by Crippen LogP contribution is 2.26. The topological polar surface area (TPSA) is 132 Å². The summed E-state index contributed by atoms with van der Waals surface area (Å²) in [6.07, 6.45) is 0.999. The number of amides is 1. The Balaban J connectivity index is 1.69. The summed E-state index contributed by atoms with van der Waals surface area (Å²) in [5, 5.41) is 9.43. The number of nitrogens with one attached hydrogen (secondary N) is 1. The Labute approximate surface area is 174 Å². The molecular formula is C19H24N4O6S. The minimum atomic E-state index is -3.63. The summed E-state index contributed by atoms with van der Waals surface area (Å²) in [6.45, 7) is 6.82. The number of hydrogen-bond donors (Lipinski definition) is 1. The number of hydrogen-bond acceptors (Lipinski definition) is 8. The molecule has 1 N–H and O–H groups in total. The van der Waals surface area contributed by atoms with Gasteiger partial charge < -0.3 is 9.15 Å². The molecule has 0 bridgehead atoms. The molecule has 1 amide bonds. The number of aromatic nitrogens is 2. The van der Waals surface area contributed by atoms with E-state index in [1.807, 2.05) is 13.8 Å². The number of carbonyl (C=O) groups excluding carboxylic acids is 2. The zero-order valence-electron chi connectivity index (χ0n) is 17.0. The van der Waals surface area contributed by atoms with Crippen molar-refractivity contribution < 1.29 is 27.2 Å². The summed E-state index contributed by atoms with van der Waals surface area (Å²) >= 11 is 0. The number of carbonyl (C=O) groups is 2. The minimum absolute atomic E-state index is 0.128. The highest BCUT2D eigenvalue weighted by Gasteiger charge is 2.31. The van der Waals surface area contributed by atoms with E-state index in [1.165, 1.54) is 28.6 Å². The molecule has 2 heterocycles. The van der Waals surface area contributed by atoms with E-state index in [1.54, 1.807) is 6.92 Å². The first kappa shape index (κ1) is 21.9. The van der Waals surface area contributed by atoms with Crippen LogP contribution in [0.1, 0.15) is 48.2 Å². The van der Waals surface area contributed by atoms with Crippen molar-refractivity contribution in [2.45, 2.75) is 32.1 Å². The number of benzene rings is 1. The second-order valence-electron chi connectivity index (χ2n) is 7.38. The fourth-order valence-corrected chi connectivity index (χ4v) is 5.13. The van der Waals surface area contributed by atoms with Crippen LogP contribution in [0.4, 0.5) is 6.01 Å². The van der Waals surface area contributed by atoms with Gasteiger partial charge in [0, 0.05) is 18.7 Å². The molecule has 3 rings (SSSR count). The third kappa shape index (κ3) is 4.85. The summed E-state index contributed by atoms with van der Waals surface area (Å²) in [5.74, 6) is -1.16. The van der Waals surface area contributed by atoms with Crippen molar-refractivity contribution in [3.8, 4) is 0 Å². The molecule has 2 atom stereocenters. The van der Waals surface area contributed by atoms with Gasteiger partial charge in [-0.05, 0) is 49.4 Å². The van der Waals surface area contributed by atoms with E-state index in [-0.39, 0.29) is 29.0 Å². The van der Waals surface area contributed by atoms with Crippen LogP contribution in [0.5, 0.6) is 0 Å². The van der Waals surface area contributed by atoms with Gasteiger partial charge in [0.05, 0.1) is 11.5 Å². The van der Waals surface area contributed by atoms with Gasteiger partial charge in [-0.2, -0.15) is 4.31 Å². The lowest BCUT2D eigenvalue weighted by Gasteiger charge is -2.34. The summed E-state index contributed by atoms with van der Waals surface area (Å²) in [4.78, 5) is 24.0. The molecule has 10 nitrogen and oxygen atoms in total. The normalized spacial score (nSPS) is 20.0. The van der Waals surface area contributed by atoms with E-state index in [9.17, 15) is 18.0 Å². The van der Waals surface area contributed by atoms with Crippen LogP contribution in [0.3, 0.4) is 0 Å². The lowest BCUT2D eigenvalue weighted by molar-refractivity contribution is 0.0481. The molecule has 1 saturated heterocycles. The summed E-state index contributed by atoms with van der Waals surface area (Å²) in [6, 6.07) is 5.33. The molecule has 1 aliphatic heterocycles. The Morgan fingerprint density at radius 1 is 1.17 bits per heavy atom. The summed E-state index contributed by atoms with van der Waals surface area (Å²) in [5.41, 5.74) is 0.199. The van der Waals surface area contributed by atoms with Gasteiger partial charge in [-0.1, -0.05) is 24.0 Å². The summed E-state index contributed by atoms with van der Waals surface area (Å²) in [7, 11) is -3.63. The maximum absolute atomic E-state index is 12.9. The molecule has 1 aromatic heterocycles. The molecule has 1 aliphatic rings. The Morgan fingerprint density at radius 2 is 1.80 bits per heavy atom. The second-order valence-corrected chi connectivity index (χ2v) is 9.32. The highest BCUT2D eigenvalue weighted by molar-refractivity contribution is 7.89. The van der Waals surface area contributed by atoms with Crippen LogP contribution in [-0.2, 0) is 14.8 Å². The van der Waals surface area contributed by atoms with Crippen molar-refractivity contribution in [2.75, 3.05) is 25.0 Å². The lowest BCUT2D eigenvalue weighted by atomic mass is 9.94. The number of piperidine rings is 1. The van der Waals surface area contributed by atoms with Gasteiger partial charge >= 0.3 is 17.9 Å². The van der Waals surface area contributed by atoms with Gasteiger partial charge in [0.2, 0.25) is 10.0 Å². The number of rotatable bonds is 6. The number of sulfonamides is 1. The molecule has 2 unspecified atom stereocenters. The molecule has 1 aromatic carbocycles. The van der Waals surface area contributed by atoms with Crippen molar-refractivity contribution in [3.63, 3.8) is 0 Å². The molecule has 0 radical (unpaired) electrons. The predicted molar refractivity (Wildman–Crippen MR) is 106 cm³/mol. The van der Waals surface area contributed by atoms with Gasteiger partial charge in [-0.15, -0.1) is 0 Å². The van der Waals surface area contributed by atoms with Crippen molar-refractivity contribution in [2.24, 2.45) is 11.8 Å². The van der Waals surface area contributed by atoms with E-state index in [4.69, 9.17) is 9.15 Å². The SMILES string of the molecule is CCOC(=O)c1nnc(NC(=O)c2ccc(S(=O)(=O)N3CC(C)CC(C)C3)cc2)o1. The van der Waals surface area contributed by atoms with E-state index < -0.39 is 21.9 Å². The fraction of sp³-hybridized carbons (Fsp3) is 0.474. The van der Waals surface area contributed by atoms with Gasteiger partial charge in [0.15, 0.2) is 0 Å². The maximum atomic E-state index is 12.9. The molecule has 162 valence electrons. The van der Waals surface area contributed by atoms with Crippen LogP contribution in [0.25, 0.3) is 0 Å². The Kier molecular flexibility index (Phi) is 6.52. The number of nitrogens with zero attached hydrogens (tertiary/aromatic N) is 3. The average Bonchev–Trinajstić information content (AvgIpc) is 3.16. The van der Waals surface area contributed by atoms with Crippen LogP contribution < -0.4 is 5.32 Å². The first-order chi connectivity index (χ1) is 14.2. The minimum Gasteiger partial charge on any atom is -0.459 e.